The zero-order chi connectivity index (χ0) is 13.6. The van der Waals surface area contributed by atoms with Crippen LogP contribution in [0.3, 0.4) is 0 Å². The second kappa shape index (κ2) is 4.10. The van der Waals surface area contributed by atoms with Gasteiger partial charge in [0.05, 0.1) is 5.54 Å². The SMILES string of the molecule is NC1(c2cc(F)ccc2F)CCc2cc(F)ccc21. The minimum Gasteiger partial charge on any atom is -0.318 e. The molecule has 1 nitrogen and oxygen atoms in total. The maximum absolute atomic E-state index is 13.9. The van der Waals surface area contributed by atoms with Crippen LogP contribution in [0, 0.1) is 17.5 Å². The molecular formula is C15H12F3N. The van der Waals surface area contributed by atoms with Gasteiger partial charge in [-0.15, -0.1) is 0 Å². The van der Waals surface area contributed by atoms with E-state index in [1.165, 1.54) is 12.1 Å². The summed E-state index contributed by atoms with van der Waals surface area (Å²) in [5, 5.41) is 0. The van der Waals surface area contributed by atoms with Gasteiger partial charge in [-0.1, -0.05) is 6.07 Å². The van der Waals surface area contributed by atoms with E-state index in [4.69, 9.17) is 5.73 Å². The third-order valence-electron chi connectivity index (χ3n) is 3.75. The van der Waals surface area contributed by atoms with Gasteiger partial charge in [0, 0.05) is 5.56 Å². The van der Waals surface area contributed by atoms with Crippen molar-refractivity contribution in [3.8, 4) is 0 Å². The van der Waals surface area contributed by atoms with Gasteiger partial charge in [0.25, 0.3) is 0 Å². The first-order chi connectivity index (χ1) is 9.00. The van der Waals surface area contributed by atoms with E-state index in [0.717, 1.165) is 23.8 Å². The highest BCUT2D eigenvalue weighted by molar-refractivity contribution is 5.47. The van der Waals surface area contributed by atoms with E-state index < -0.39 is 17.2 Å². The molecule has 2 aromatic carbocycles. The minimum absolute atomic E-state index is 0.123. The van der Waals surface area contributed by atoms with Gasteiger partial charge in [-0.25, -0.2) is 13.2 Å². The third kappa shape index (κ3) is 1.83. The highest BCUT2D eigenvalue weighted by atomic mass is 19.1. The average molecular weight is 263 g/mol. The van der Waals surface area contributed by atoms with Crippen LogP contribution in [0.25, 0.3) is 0 Å². The smallest absolute Gasteiger partial charge is 0.128 e. The first-order valence-corrected chi connectivity index (χ1v) is 6.04. The van der Waals surface area contributed by atoms with Crippen LogP contribution >= 0.6 is 0 Å². The van der Waals surface area contributed by atoms with Crippen molar-refractivity contribution in [2.24, 2.45) is 5.73 Å². The molecule has 0 bridgehead atoms. The third-order valence-corrected chi connectivity index (χ3v) is 3.75. The van der Waals surface area contributed by atoms with E-state index in [1.54, 1.807) is 6.07 Å². The molecule has 0 spiro atoms. The Morgan fingerprint density at radius 1 is 0.895 bits per heavy atom. The molecule has 19 heavy (non-hydrogen) atoms. The van der Waals surface area contributed by atoms with Gasteiger partial charge in [-0.2, -0.15) is 0 Å². The van der Waals surface area contributed by atoms with Crippen LogP contribution in [0.15, 0.2) is 36.4 Å². The van der Waals surface area contributed by atoms with Crippen LogP contribution in [-0.2, 0) is 12.0 Å². The first-order valence-electron chi connectivity index (χ1n) is 6.04. The fourth-order valence-electron chi connectivity index (χ4n) is 2.79. The van der Waals surface area contributed by atoms with Crippen molar-refractivity contribution in [3.63, 3.8) is 0 Å². The van der Waals surface area contributed by atoms with Crippen molar-refractivity contribution in [2.75, 3.05) is 0 Å². The summed E-state index contributed by atoms with van der Waals surface area (Å²) in [6.07, 6.45) is 0.992. The van der Waals surface area contributed by atoms with Crippen LogP contribution in [0.4, 0.5) is 13.2 Å². The Balaban J connectivity index is 2.19. The zero-order valence-corrected chi connectivity index (χ0v) is 10.1. The molecule has 0 aliphatic heterocycles. The summed E-state index contributed by atoms with van der Waals surface area (Å²) in [6, 6.07) is 7.50. The number of benzene rings is 2. The predicted octanol–water partition coefficient (Wildman–Crippen LogP) is 3.25. The van der Waals surface area contributed by atoms with Crippen molar-refractivity contribution in [1.29, 1.82) is 0 Å². The molecule has 0 heterocycles. The molecule has 1 atom stereocenters. The number of aryl methyl sites for hydroxylation is 1. The largest absolute Gasteiger partial charge is 0.318 e. The van der Waals surface area contributed by atoms with E-state index in [2.05, 4.69) is 0 Å². The monoisotopic (exact) mass is 263 g/mol. The molecule has 3 rings (SSSR count). The second-order valence-corrected chi connectivity index (χ2v) is 4.90. The molecule has 2 N–H and O–H groups in total. The van der Waals surface area contributed by atoms with Crippen LogP contribution in [0.1, 0.15) is 23.1 Å². The van der Waals surface area contributed by atoms with E-state index in [0.29, 0.717) is 18.4 Å². The Morgan fingerprint density at radius 2 is 1.58 bits per heavy atom. The maximum Gasteiger partial charge on any atom is 0.128 e. The molecule has 0 saturated heterocycles. The number of halogens is 3. The summed E-state index contributed by atoms with van der Waals surface area (Å²) in [7, 11) is 0. The Morgan fingerprint density at radius 3 is 2.37 bits per heavy atom. The zero-order valence-electron chi connectivity index (χ0n) is 10.1. The molecule has 0 aromatic heterocycles. The fourth-order valence-corrected chi connectivity index (χ4v) is 2.79. The summed E-state index contributed by atoms with van der Waals surface area (Å²) >= 11 is 0. The summed E-state index contributed by atoms with van der Waals surface area (Å²) in [5.41, 5.74) is 6.74. The summed E-state index contributed by atoms with van der Waals surface area (Å²) in [4.78, 5) is 0. The molecule has 0 saturated carbocycles. The van der Waals surface area contributed by atoms with Crippen molar-refractivity contribution in [3.05, 3.63) is 70.5 Å². The van der Waals surface area contributed by atoms with Gasteiger partial charge >= 0.3 is 0 Å². The van der Waals surface area contributed by atoms with Gasteiger partial charge < -0.3 is 5.73 Å². The van der Waals surface area contributed by atoms with Crippen molar-refractivity contribution < 1.29 is 13.2 Å². The Hall–Kier alpha value is -1.81. The van der Waals surface area contributed by atoms with Crippen molar-refractivity contribution in [1.82, 2.24) is 0 Å². The van der Waals surface area contributed by atoms with E-state index in [-0.39, 0.29) is 11.4 Å². The lowest BCUT2D eigenvalue weighted by atomic mass is 9.85. The lowest BCUT2D eigenvalue weighted by molar-refractivity contribution is 0.483. The van der Waals surface area contributed by atoms with E-state index in [1.807, 2.05) is 0 Å². The number of hydrogen-bond donors (Lipinski definition) is 1. The van der Waals surface area contributed by atoms with Crippen LogP contribution in [0.5, 0.6) is 0 Å². The summed E-state index contributed by atoms with van der Waals surface area (Å²) in [5.74, 6) is -1.42. The van der Waals surface area contributed by atoms with Crippen molar-refractivity contribution >= 4 is 0 Å². The standard InChI is InChI=1S/C15H12F3N/c16-10-1-3-12-9(7-10)5-6-15(12,19)13-8-11(17)2-4-14(13)18/h1-4,7-8H,5-6,19H2. The number of fused-ring (bicyclic) bond motifs is 1. The summed E-state index contributed by atoms with van der Waals surface area (Å²) < 4.78 is 40.4. The second-order valence-electron chi connectivity index (χ2n) is 4.90. The molecule has 0 amide bonds. The molecule has 2 aromatic rings. The molecule has 1 unspecified atom stereocenters. The molecule has 1 aliphatic carbocycles. The molecule has 0 fully saturated rings. The van der Waals surface area contributed by atoms with Crippen LogP contribution in [-0.4, -0.2) is 0 Å². The predicted molar refractivity (Wildman–Crippen MR) is 66.0 cm³/mol. The molecular weight excluding hydrogens is 251 g/mol. The fraction of sp³-hybridized carbons (Fsp3) is 0.200. The topological polar surface area (TPSA) is 26.0 Å². The lowest BCUT2D eigenvalue weighted by Crippen LogP contribution is -2.36. The molecule has 98 valence electrons. The Bertz CT molecular complexity index is 654. The quantitative estimate of drug-likeness (QED) is 0.839. The first kappa shape index (κ1) is 12.2. The highest BCUT2D eigenvalue weighted by Gasteiger charge is 2.38. The van der Waals surface area contributed by atoms with Crippen LogP contribution in [0.2, 0.25) is 0 Å². The van der Waals surface area contributed by atoms with E-state index in [9.17, 15) is 13.2 Å². The normalized spacial score (nSPS) is 21.5. The van der Waals surface area contributed by atoms with E-state index >= 15 is 0 Å². The Labute approximate surface area is 108 Å². The van der Waals surface area contributed by atoms with Gasteiger partial charge in [0.2, 0.25) is 0 Å². The molecule has 4 heteroatoms. The van der Waals surface area contributed by atoms with Gasteiger partial charge in [-0.05, 0) is 54.3 Å². The Kier molecular flexibility index (Phi) is 2.64. The van der Waals surface area contributed by atoms with Gasteiger partial charge in [0.15, 0.2) is 0 Å². The summed E-state index contributed by atoms with van der Waals surface area (Å²) in [6.45, 7) is 0. The minimum atomic E-state index is -1.09. The lowest BCUT2D eigenvalue weighted by Gasteiger charge is -2.26. The van der Waals surface area contributed by atoms with Crippen LogP contribution < -0.4 is 5.73 Å². The van der Waals surface area contributed by atoms with Gasteiger partial charge in [-0.3, -0.25) is 0 Å². The highest BCUT2D eigenvalue weighted by Crippen LogP contribution is 2.41. The average Bonchev–Trinajstić information content (AvgIpc) is 2.70. The number of rotatable bonds is 1. The molecule has 1 aliphatic rings. The molecule has 0 radical (unpaired) electrons. The number of hydrogen-bond acceptors (Lipinski definition) is 1. The number of nitrogens with two attached hydrogens (primary N) is 1. The maximum atomic E-state index is 13.9. The van der Waals surface area contributed by atoms with Crippen molar-refractivity contribution in [2.45, 2.75) is 18.4 Å². The van der Waals surface area contributed by atoms with Gasteiger partial charge in [0.1, 0.15) is 17.5 Å².